The predicted octanol–water partition coefficient (Wildman–Crippen LogP) is 0.225. The van der Waals surface area contributed by atoms with Gasteiger partial charge in [0.25, 0.3) is 0 Å². The second kappa shape index (κ2) is 8.53. The van der Waals surface area contributed by atoms with Crippen LogP contribution < -0.4 is 10.2 Å². The normalized spacial score (nSPS) is 18.5. The molecule has 116 valence electrons. The van der Waals surface area contributed by atoms with Crippen LogP contribution in [0.4, 0.5) is 5.82 Å². The monoisotopic (exact) mass is 294 g/mol. The van der Waals surface area contributed by atoms with Gasteiger partial charge in [-0.25, -0.2) is 4.98 Å². The second-order valence-electron chi connectivity index (χ2n) is 4.96. The first-order valence-corrected chi connectivity index (χ1v) is 7.16. The van der Waals surface area contributed by atoms with Crippen molar-refractivity contribution in [2.24, 2.45) is 0 Å². The zero-order chi connectivity index (χ0) is 14.9. The van der Waals surface area contributed by atoms with Crippen LogP contribution >= 0.6 is 0 Å². The molecule has 0 bridgehead atoms. The summed E-state index contributed by atoms with van der Waals surface area (Å²) in [5.41, 5.74) is 0. The lowest BCUT2D eigenvalue weighted by Crippen LogP contribution is -2.49. The van der Waals surface area contributed by atoms with Crippen LogP contribution in [0.15, 0.2) is 18.6 Å². The summed E-state index contributed by atoms with van der Waals surface area (Å²) in [4.78, 5) is 22.3. The third-order valence-electron chi connectivity index (χ3n) is 3.32. The maximum atomic E-state index is 11.8. The zero-order valence-electron chi connectivity index (χ0n) is 12.3. The molecule has 0 radical (unpaired) electrons. The average molecular weight is 294 g/mol. The number of ether oxygens (including phenoxy) is 2. The van der Waals surface area contributed by atoms with Crippen LogP contribution in [-0.2, 0) is 14.3 Å². The van der Waals surface area contributed by atoms with Crippen molar-refractivity contribution in [2.45, 2.75) is 18.9 Å². The Kier molecular flexibility index (Phi) is 6.36. The van der Waals surface area contributed by atoms with Gasteiger partial charge in [0, 0.05) is 38.6 Å². The van der Waals surface area contributed by atoms with Crippen LogP contribution in [0.3, 0.4) is 0 Å². The maximum Gasteiger partial charge on any atom is 0.246 e. The molecule has 7 nitrogen and oxygen atoms in total. The highest BCUT2D eigenvalue weighted by Gasteiger charge is 2.22. The fourth-order valence-corrected chi connectivity index (χ4v) is 2.33. The van der Waals surface area contributed by atoms with E-state index in [-0.39, 0.29) is 18.6 Å². The molecular formula is C14H22N4O3. The Labute approximate surface area is 124 Å². The minimum atomic E-state index is -0.0860. The van der Waals surface area contributed by atoms with Crippen LogP contribution in [0.5, 0.6) is 0 Å². The van der Waals surface area contributed by atoms with Crippen molar-refractivity contribution in [1.82, 2.24) is 15.3 Å². The number of nitrogens with zero attached hydrogens (tertiary/aromatic N) is 3. The number of hydrogen-bond donors (Lipinski definition) is 1. The van der Waals surface area contributed by atoms with Gasteiger partial charge in [0.1, 0.15) is 12.4 Å². The van der Waals surface area contributed by atoms with E-state index >= 15 is 0 Å². The van der Waals surface area contributed by atoms with Gasteiger partial charge in [-0.15, -0.1) is 0 Å². The summed E-state index contributed by atoms with van der Waals surface area (Å²) in [6.45, 7) is 2.69. The minimum Gasteiger partial charge on any atom is -0.382 e. The third kappa shape index (κ3) is 5.28. The second-order valence-corrected chi connectivity index (χ2v) is 4.96. The first-order chi connectivity index (χ1) is 10.3. The summed E-state index contributed by atoms with van der Waals surface area (Å²) >= 11 is 0. The van der Waals surface area contributed by atoms with E-state index in [4.69, 9.17) is 9.47 Å². The molecule has 7 heteroatoms. The number of piperidine rings is 1. The van der Waals surface area contributed by atoms with Crippen LogP contribution in [0.1, 0.15) is 12.8 Å². The van der Waals surface area contributed by atoms with Gasteiger partial charge in [-0.05, 0) is 12.8 Å². The van der Waals surface area contributed by atoms with Crippen molar-refractivity contribution in [3.05, 3.63) is 18.6 Å². The molecule has 0 aliphatic carbocycles. The molecule has 1 fully saturated rings. The average Bonchev–Trinajstić information content (AvgIpc) is 2.53. The molecule has 1 saturated heterocycles. The minimum absolute atomic E-state index is 0.0744. The number of aromatic nitrogens is 2. The van der Waals surface area contributed by atoms with E-state index in [0.29, 0.717) is 13.2 Å². The summed E-state index contributed by atoms with van der Waals surface area (Å²) < 4.78 is 10.1. The Morgan fingerprint density at radius 1 is 1.48 bits per heavy atom. The number of hydrogen-bond acceptors (Lipinski definition) is 6. The molecule has 2 rings (SSSR count). The molecule has 0 spiro atoms. The molecule has 1 atom stereocenters. The number of rotatable bonds is 7. The summed E-state index contributed by atoms with van der Waals surface area (Å²) in [7, 11) is 1.60. The number of methoxy groups -OCH3 is 1. The van der Waals surface area contributed by atoms with Gasteiger partial charge >= 0.3 is 0 Å². The van der Waals surface area contributed by atoms with E-state index in [1.54, 1.807) is 25.7 Å². The van der Waals surface area contributed by atoms with Crippen LogP contribution in [-0.4, -0.2) is 61.9 Å². The fourth-order valence-electron chi connectivity index (χ4n) is 2.33. The molecule has 1 aromatic rings. The summed E-state index contributed by atoms with van der Waals surface area (Å²) in [5.74, 6) is 0.768. The first kappa shape index (κ1) is 15.7. The van der Waals surface area contributed by atoms with Gasteiger partial charge in [-0.2, -0.15) is 0 Å². The van der Waals surface area contributed by atoms with E-state index < -0.39 is 0 Å². The van der Waals surface area contributed by atoms with Crippen molar-refractivity contribution in [2.75, 3.05) is 44.9 Å². The smallest absolute Gasteiger partial charge is 0.246 e. The van der Waals surface area contributed by atoms with E-state index in [2.05, 4.69) is 20.2 Å². The van der Waals surface area contributed by atoms with Crippen LogP contribution in [0.25, 0.3) is 0 Å². The first-order valence-electron chi connectivity index (χ1n) is 7.16. The Morgan fingerprint density at radius 3 is 3.14 bits per heavy atom. The van der Waals surface area contributed by atoms with Crippen molar-refractivity contribution >= 4 is 11.7 Å². The lowest BCUT2D eigenvalue weighted by Gasteiger charge is -2.33. The van der Waals surface area contributed by atoms with Gasteiger partial charge in [-0.3, -0.25) is 9.78 Å². The Bertz CT molecular complexity index is 429. The molecule has 0 aromatic carbocycles. The Morgan fingerprint density at radius 2 is 2.38 bits per heavy atom. The van der Waals surface area contributed by atoms with E-state index in [0.717, 1.165) is 31.7 Å². The van der Waals surface area contributed by atoms with Crippen molar-refractivity contribution < 1.29 is 14.3 Å². The molecule has 1 aliphatic rings. The van der Waals surface area contributed by atoms with Crippen LogP contribution in [0.2, 0.25) is 0 Å². The molecule has 21 heavy (non-hydrogen) atoms. The van der Waals surface area contributed by atoms with Crippen molar-refractivity contribution in [3.8, 4) is 0 Å². The highest BCUT2D eigenvalue weighted by Crippen LogP contribution is 2.16. The molecule has 2 heterocycles. The molecule has 1 aromatic heterocycles. The number of nitrogens with one attached hydrogen (secondary N) is 1. The molecular weight excluding hydrogens is 272 g/mol. The fraction of sp³-hybridized carbons (Fsp3) is 0.643. The SMILES string of the molecule is COCCOCC(=O)N[C@H]1CCCN(c2cnccn2)C1. The highest BCUT2D eigenvalue weighted by molar-refractivity contribution is 5.77. The van der Waals surface area contributed by atoms with E-state index in [9.17, 15) is 4.79 Å². The number of carbonyl (C=O) groups excluding carboxylic acids is 1. The largest absolute Gasteiger partial charge is 0.382 e. The lowest BCUT2D eigenvalue weighted by molar-refractivity contribution is -0.126. The summed E-state index contributed by atoms with van der Waals surface area (Å²) in [6, 6.07) is 0.124. The quantitative estimate of drug-likeness (QED) is 0.725. The number of amides is 1. The van der Waals surface area contributed by atoms with Crippen molar-refractivity contribution in [1.29, 1.82) is 0 Å². The predicted molar refractivity (Wildman–Crippen MR) is 78.1 cm³/mol. The van der Waals surface area contributed by atoms with Gasteiger partial charge in [0.05, 0.1) is 19.4 Å². The molecule has 1 amide bonds. The molecule has 1 aliphatic heterocycles. The summed E-state index contributed by atoms with van der Waals surface area (Å²) in [6.07, 6.45) is 7.08. The summed E-state index contributed by atoms with van der Waals surface area (Å²) in [5, 5.41) is 3.00. The maximum absolute atomic E-state index is 11.8. The Balaban J connectivity index is 1.75. The number of anilines is 1. The Hall–Kier alpha value is -1.73. The van der Waals surface area contributed by atoms with Gasteiger partial charge in [-0.1, -0.05) is 0 Å². The van der Waals surface area contributed by atoms with Gasteiger partial charge in [0.15, 0.2) is 0 Å². The third-order valence-corrected chi connectivity index (χ3v) is 3.32. The number of carbonyl (C=O) groups is 1. The topological polar surface area (TPSA) is 76.6 Å². The van der Waals surface area contributed by atoms with Gasteiger partial charge in [0.2, 0.25) is 5.91 Å². The van der Waals surface area contributed by atoms with E-state index in [1.165, 1.54) is 0 Å². The molecule has 0 unspecified atom stereocenters. The van der Waals surface area contributed by atoms with E-state index in [1.807, 2.05) is 0 Å². The highest BCUT2D eigenvalue weighted by atomic mass is 16.5. The zero-order valence-corrected chi connectivity index (χ0v) is 12.3. The van der Waals surface area contributed by atoms with Crippen LogP contribution in [0, 0.1) is 0 Å². The molecule has 0 saturated carbocycles. The lowest BCUT2D eigenvalue weighted by atomic mass is 10.1. The standard InChI is InChI=1S/C14H22N4O3/c1-20-7-8-21-11-14(19)17-12-3-2-6-18(10-12)13-9-15-4-5-16-13/h4-5,9,12H,2-3,6-8,10-11H2,1H3,(H,17,19)/t12-/m0/s1. The van der Waals surface area contributed by atoms with Crippen molar-refractivity contribution in [3.63, 3.8) is 0 Å². The molecule has 1 N–H and O–H groups in total. The van der Waals surface area contributed by atoms with Gasteiger partial charge < -0.3 is 19.7 Å².